The van der Waals surface area contributed by atoms with Gasteiger partial charge in [0.2, 0.25) is 10.0 Å². The van der Waals surface area contributed by atoms with Crippen LogP contribution < -0.4 is 10.6 Å². The maximum atomic E-state index is 14.5. The molecule has 9 heteroatoms. The molecule has 0 aromatic heterocycles. The molecule has 3 heterocycles. The Bertz CT molecular complexity index is 1210. The summed E-state index contributed by atoms with van der Waals surface area (Å²) in [5.41, 5.74) is 0.958. The standard InChI is InChI=1S/C35H56ClN3O4S/c1-5-24(2)38-34(33(26-11-14-29(36)15-12-26)28-17-18-43-35(3,4)21-28)32(40)20-27-9-6-8-25(27)13-16-31-22-37-30-10-7-19-44(41,42)39(31)23-30/h11-12,14-15,24-25,27-28,30-31,33-34,37-38H,5-10,13,16-23H2,1-4H3/t24?,25-,27-,28?,30-,31+,33+,34-/m1/s1. The summed E-state index contributed by atoms with van der Waals surface area (Å²) in [5.74, 6) is 1.78. The van der Waals surface area contributed by atoms with Crippen LogP contribution in [0.2, 0.25) is 5.02 Å². The van der Waals surface area contributed by atoms with Crippen molar-refractivity contribution in [2.45, 2.75) is 134 Å². The van der Waals surface area contributed by atoms with Crippen LogP contribution in [-0.2, 0) is 19.6 Å². The quantitative estimate of drug-likeness (QED) is 0.276. The molecule has 248 valence electrons. The first-order chi connectivity index (χ1) is 21.0. The molecule has 1 saturated carbocycles. The van der Waals surface area contributed by atoms with Crippen LogP contribution in [0, 0.1) is 17.8 Å². The van der Waals surface area contributed by atoms with Gasteiger partial charge in [-0.05, 0) is 108 Å². The molecule has 3 unspecified atom stereocenters. The number of hydrogen-bond acceptors (Lipinski definition) is 6. The summed E-state index contributed by atoms with van der Waals surface area (Å²) in [6.45, 7) is 10.8. The lowest BCUT2D eigenvalue weighted by Crippen LogP contribution is -2.57. The number of hydrogen-bond donors (Lipinski definition) is 2. The van der Waals surface area contributed by atoms with E-state index < -0.39 is 10.0 Å². The summed E-state index contributed by atoms with van der Waals surface area (Å²) in [5, 5.41) is 8.14. The first kappa shape index (κ1) is 34.3. The number of piperazine rings is 1. The summed E-state index contributed by atoms with van der Waals surface area (Å²) >= 11 is 6.32. The zero-order valence-corrected chi connectivity index (χ0v) is 29.0. The summed E-state index contributed by atoms with van der Waals surface area (Å²) in [4.78, 5) is 14.5. The third-order valence-corrected chi connectivity index (χ3v) is 13.4. The maximum Gasteiger partial charge on any atom is 0.214 e. The molecular formula is C35H56ClN3O4S. The molecule has 4 fully saturated rings. The molecule has 2 N–H and O–H groups in total. The molecule has 2 bridgehead atoms. The van der Waals surface area contributed by atoms with E-state index in [0.29, 0.717) is 48.1 Å². The number of carbonyl (C=O) groups is 1. The topological polar surface area (TPSA) is 87.7 Å². The van der Waals surface area contributed by atoms with Crippen LogP contribution >= 0.6 is 11.6 Å². The number of rotatable bonds is 12. The van der Waals surface area contributed by atoms with E-state index in [-0.39, 0.29) is 41.4 Å². The monoisotopic (exact) mass is 649 g/mol. The van der Waals surface area contributed by atoms with E-state index >= 15 is 0 Å². The summed E-state index contributed by atoms with van der Waals surface area (Å²) < 4.78 is 34.0. The zero-order chi connectivity index (χ0) is 31.5. The smallest absolute Gasteiger partial charge is 0.214 e. The van der Waals surface area contributed by atoms with E-state index in [4.69, 9.17) is 16.3 Å². The molecular weight excluding hydrogens is 594 g/mol. The van der Waals surface area contributed by atoms with Crippen LogP contribution in [0.1, 0.15) is 110 Å². The Morgan fingerprint density at radius 2 is 1.86 bits per heavy atom. The zero-order valence-electron chi connectivity index (χ0n) is 27.4. The summed E-state index contributed by atoms with van der Waals surface area (Å²) in [6, 6.07) is 8.41. The van der Waals surface area contributed by atoms with Crippen molar-refractivity contribution in [1.82, 2.24) is 14.9 Å². The highest BCUT2D eigenvalue weighted by molar-refractivity contribution is 7.89. The van der Waals surface area contributed by atoms with Crippen LogP contribution in [0.3, 0.4) is 0 Å². The fourth-order valence-electron chi connectivity index (χ4n) is 8.63. The van der Waals surface area contributed by atoms with Crippen LogP contribution in [0.15, 0.2) is 24.3 Å². The lowest BCUT2D eigenvalue weighted by molar-refractivity contribution is -0.125. The number of halogens is 1. The van der Waals surface area contributed by atoms with Crippen LogP contribution in [0.4, 0.5) is 0 Å². The van der Waals surface area contributed by atoms with E-state index in [1.807, 2.05) is 16.4 Å². The number of fused-ring (bicyclic) bond motifs is 2. The fourth-order valence-corrected chi connectivity index (χ4v) is 10.6. The van der Waals surface area contributed by atoms with Gasteiger partial charge < -0.3 is 15.4 Å². The minimum absolute atomic E-state index is 0.0253. The molecule has 44 heavy (non-hydrogen) atoms. The first-order valence-corrected chi connectivity index (χ1v) is 19.4. The van der Waals surface area contributed by atoms with Gasteiger partial charge in [-0.2, -0.15) is 4.31 Å². The second kappa shape index (κ2) is 14.8. The van der Waals surface area contributed by atoms with Crippen molar-refractivity contribution < 1.29 is 17.9 Å². The van der Waals surface area contributed by atoms with Gasteiger partial charge in [0.05, 0.1) is 17.4 Å². The average molecular weight is 650 g/mol. The SMILES string of the molecule is CCC(C)N[C@H](C(=O)C[C@H]1CCC[C@@H]1CC[C@H]1CN[C@@H]2CCCS(=O)(=O)N1C2)[C@@H](c1ccc(Cl)cc1)C1CCOC(C)(C)C1. The lowest BCUT2D eigenvalue weighted by atomic mass is 9.71. The van der Waals surface area contributed by atoms with Crippen molar-refractivity contribution in [3.8, 4) is 0 Å². The van der Waals surface area contributed by atoms with E-state index in [0.717, 1.165) is 70.8 Å². The molecule has 0 spiro atoms. The van der Waals surface area contributed by atoms with Crippen molar-refractivity contribution in [3.63, 3.8) is 0 Å². The van der Waals surface area contributed by atoms with Gasteiger partial charge in [0, 0.05) is 55.2 Å². The number of sulfonamides is 1. The van der Waals surface area contributed by atoms with Gasteiger partial charge in [-0.3, -0.25) is 4.79 Å². The molecule has 7 nitrogen and oxygen atoms in total. The van der Waals surface area contributed by atoms with E-state index in [1.165, 1.54) is 5.56 Å². The van der Waals surface area contributed by atoms with Gasteiger partial charge in [0.1, 0.15) is 0 Å². The summed E-state index contributed by atoms with van der Waals surface area (Å²) in [6.07, 6.45) is 10.3. The average Bonchev–Trinajstić information content (AvgIpc) is 3.38. The largest absolute Gasteiger partial charge is 0.376 e. The normalized spacial score (nSPS) is 33.7. The second-order valence-electron chi connectivity index (χ2n) is 14.9. The minimum atomic E-state index is -3.19. The number of Topliss-reactive ketones (excluding diaryl/α,β-unsaturated/α-hetero) is 1. The van der Waals surface area contributed by atoms with Crippen LogP contribution in [0.25, 0.3) is 0 Å². The molecule has 4 aliphatic rings. The summed E-state index contributed by atoms with van der Waals surface area (Å²) in [7, 11) is -3.19. The molecule has 1 aromatic carbocycles. The predicted octanol–water partition coefficient (Wildman–Crippen LogP) is 6.31. The third kappa shape index (κ3) is 8.46. The number of carbonyl (C=O) groups excluding carboxylic acids is 1. The molecule has 0 amide bonds. The van der Waals surface area contributed by atoms with Gasteiger partial charge in [0.15, 0.2) is 5.78 Å². The first-order valence-electron chi connectivity index (χ1n) is 17.4. The Labute approximate surface area is 271 Å². The predicted molar refractivity (Wildman–Crippen MR) is 179 cm³/mol. The molecule has 1 aromatic rings. The van der Waals surface area contributed by atoms with Gasteiger partial charge in [-0.1, -0.05) is 43.5 Å². The number of ketones is 1. The fraction of sp³-hybridized carbons (Fsp3) is 0.800. The Morgan fingerprint density at radius 1 is 1.11 bits per heavy atom. The highest BCUT2D eigenvalue weighted by atomic mass is 35.5. The van der Waals surface area contributed by atoms with Crippen molar-refractivity contribution >= 4 is 27.4 Å². The minimum Gasteiger partial charge on any atom is -0.376 e. The molecule has 9 atom stereocenters. The van der Waals surface area contributed by atoms with Crippen molar-refractivity contribution in [1.29, 1.82) is 0 Å². The Hall–Kier alpha value is -1.03. The van der Waals surface area contributed by atoms with Crippen LogP contribution in [0.5, 0.6) is 0 Å². The van der Waals surface area contributed by atoms with E-state index in [9.17, 15) is 13.2 Å². The van der Waals surface area contributed by atoms with Crippen molar-refractivity contribution in [2.75, 3.05) is 25.4 Å². The lowest BCUT2D eigenvalue weighted by Gasteiger charge is -2.43. The second-order valence-corrected chi connectivity index (χ2v) is 17.4. The molecule has 0 radical (unpaired) electrons. The maximum absolute atomic E-state index is 14.5. The van der Waals surface area contributed by atoms with E-state index in [2.05, 4.69) is 50.5 Å². The Balaban J connectivity index is 1.32. The number of nitrogens with zero attached hydrogens (tertiary/aromatic N) is 1. The highest BCUT2D eigenvalue weighted by Crippen LogP contribution is 2.43. The van der Waals surface area contributed by atoms with Gasteiger partial charge in [0.25, 0.3) is 0 Å². The molecule has 3 saturated heterocycles. The Morgan fingerprint density at radius 3 is 2.59 bits per heavy atom. The molecule has 3 aliphatic heterocycles. The number of nitrogens with one attached hydrogen (secondary N) is 2. The third-order valence-electron chi connectivity index (χ3n) is 11.2. The van der Waals surface area contributed by atoms with Crippen LogP contribution in [-0.4, -0.2) is 73.7 Å². The Kier molecular flexibility index (Phi) is 11.5. The molecule has 5 rings (SSSR count). The van der Waals surface area contributed by atoms with Gasteiger partial charge in [-0.15, -0.1) is 0 Å². The van der Waals surface area contributed by atoms with E-state index in [1.54, 1.807) is 0 Å². The molecule has 1 aliphatic carbocycles. The van der Waals surface area contributed by atoms with Gasteiger partial charge >= 0.3 is 0 Å². The number of benzene rings is 1. The van der Waals surface area contributed by atoms with Gasteiger partial charge in [-0.25, -0.2) is 8.42 Å². The highest BCUT2D eigenvalue weighted by Gasteiger charge is 2.43. The van der Waals surface area contributed by atoms with Crippen molar-refractivity contribution in [2.24, 2.45) is 17.8 Å². The van der Waals surface area contributed by atoms with Crippen molar-refractivity contribution in [3.05, 3.63) is 34.9 Å². The number of ether oxygens (including phenoxy) is 1.